The van der Waals surface area contributed by atoms with E-state index in [2.05, 4.69) is 17.1 Å². The minimum atomic E-state index is -0.568. The van der Waals surface area contributed by atoms with E-state index in [0.717, 1.165) is 6.42 Å². The molecule has 0 fully saturated rings. The Balaban J connectivity index is 1.48. The van der Waals surface area contributed by atoms with Crippen LogP contribution in [-0.2, 0) is 16.0 Å². The van der Waals surface area contributed by atoms with Crippen molar-refractivity contribution in [2.75, 3.05) is 13.7 Å². The number of carbonyl (C=O) groups excluding carboxylic acids is 1. The first kappa shape index (κ1) is 20.3. The molecule has 1 aliphatic heterocycles. The summed E-state index contributed by atoms with van der Waals surface area (Å²) in [6.07, 6.45) is 2.39. The van der Waals surface area contributed by atoms with Gasteiger partial charge in [0.1, 0.15) is 5.82 Å². The number of halogens is 1. The number of carbonyl (C=O) groups is 1. The topological polar surface area (TPSA) is 57.1 Å². The van der Waals surface area contributed by atoms with Crippen LogP contribution in [-0.4, -0.2) is 25.6 Å². The van der Waals surface area contributed by atoms with Gasteiger partial charge in [-0.1, -0.05) is 36.4 Å². The molecular weight excluding hydrogens is 397 g/mol. The molecule has 1 aliphatic rings. The van der Waals surface area contributed by atoms with Crippen LogP contribution in [0.25, 0.3) is 6.08 Å². The molecule has 0 spiro atoms. The van der Waals surface area contributed by atoms with Gasteiger partial charge in [0.15, 0.2) is 17.2 Å². The van der Waals surface area contributed by atoms with E-state index in [1.807, 2.05) is 24.3 Å². The lowest BCUT2D eigenvalue weighted by molar-refractivity contribution is -0.129. The third-order valence-electron chi connectivity index (χ3n) is 4.69. The van der Waals surface area contributed by atoms with Crippen LogP contribution in [0.1, 0.15) is 16.7 Å². The first-order valence-electron chi connectivity index (χ1n) is 9.75. The number of cyclic esters (lactones) is 1. The average molecular weight is 417 g/mol. The van der Waals surface area contributed by atoms with Crippen molar-refractivity contribution < 1.29 is 23.4 Å². The second-order valence-corrected chi connectivity index (χ2v) is 6.84. The van der Waals surface area contributed by atoms with Crippen molar-refractivity contribution >= 4 is 17.9 Å². The summed E-state index contributed by atoms with van der Waals surface area (Å²) >= 11 is 0. The van der Waals surface area contributed by atoms with Gasteiger partial charge in [0, 0.05) is 12.0 Å². The normalized spacial score (nSPS) is 14.3. The zero-order valence-corrected chi connectivity index (χ0v) is 16.9. The maximum Gasteiger partial charge on any atom is 0.363 e. The summed E-state index contributed by atoms with van der Waals surface area (Å²) in [6.45, 7) is 0.512. The van der Waals surface area contributed by atoms with Crippen molar-refractivity contribution in [1.82, 2.24) is 0 Å². The van der Waals surface area contributed by atoms with Gasteiger partial charge in [-0.05, 0) is 53.6 Å². The molecule has 3 aromatic rings. The lowest BCUT2D eigenvalue weighted by atomic mass is 10.1. The molecule has 0 aromatic heterocycles. The number of methoxy groups -OCH3 is 1. The molecule has 0 radical (unpaired) electrons. The lowest BCUT2D eigenvalue weighted by Gasteiger charge is -2.11. The van der Waals surface area contributed by atoms with Gasteiger partial charge in [-0.15, -0.1) is 0 Å². The van der Waals surface area contributed by atoms with Crippen molar-refractivity contribution in [1.29, 1.82) is 0 Å². The first-order chi connectivity index (χ1) is 15.1. The summed E-state index contributed by atoms with van der Waals surface area (Å²) < 4.78 is 29.6. The van der Waals surface area contributed by atoms with Gasteiger partial charge in [0.2, 0.25) is 5.90 Å². The van der Waals surface area contributed by atoms with Crippen LogP contribution in [0.4, 0.5) is 4.39 Å². The molecule has 5 nitrogen and oxygen atoms in total. The van der Waals surface area contributed by atoms with Gasteiger partial charge in [-0.3, -0.25) is 0 Å². The third kappa shape index (κ3) is 4.98. The maximum atomic E-state index is 13.1. The smallest absolute Gasteiger partial charge is 0.363 e. The van der Waals surface area contributed by atoms with Gasteiger partial charge in [-0.2, -0.15) is 0 Å². The molecule has 0 atom stereocenters. The zero-order valence-electron chi connectivity index (χ0n) is 16.9. The second kappa shape index (κ2) is 9.26. The van der Waals surface area contributed by atoms with E-state index in [-0.39, 0.29) is 17.4 Å². The van der Waals surface area contributed by atoms with Crippen molar-refractivity contribution in [3.63, 3.8) is 0 Å². The molecule has 31 heavy (non-hydrogen) atoms. The zero-order chi connectivity index (χ0) is 21.6. The van der Waals surface area contributed by atoms with Gasteiger partial charge in [0.05, 0.1) is 13.7 Å². The highest BCUT2D eigenvalue weighted by molar-refractivity contribution is 6.12. The predicted molar refractivity (Wildman–Crippen MR) is 116 cm³/mol. The Morgan fingerprint density at radius 3 is 2.52 bits per heavy atom. The summed E-state index contributed by atoms with van der Waals surface area (Å²) in [7, 11) is 1.56. The number of esters is 1. The highest BCUT2D eigenvalue weighted by Crippen LogP contribution is 2.30. The first-order valence-corrected chi connectivity index (χ1v) is 9.75. The van der Waals surface area contributed by atoms with Crippen LogP contribution in [0.3, 0.4) is 0 Å². The molecule has 4 rings (SSSR count). The number of benzene rings is 3. The molecule has 0 aliphatic carbocycles. The van der Waals surface area contributed by atoms with E-state index in [9.17, 15) is 9.18 Å². The number of hydrogen-bond donors (Lipinski definition) is 0. The molecule has 156 valence electrons. The van der Waals surface area contributed by atoms with E-state index in [1.54, 1.807) is 25.3 Å². The molecule has 6 heteroatoms. The standard InChI is InChI=1S/C25H20FNO4/c1-29-23-16-18(7-12-22(23)30-14-13-17-5-3-2-4-6-17)15-21-25(28)31-24(27-21)19-8-10-20(26)11-9-19/h2-12,15-16H,13-14H2,1H3/b21-15-. The number of hydrogen-bond acceptors (Lipinski definition) is 5. The van der Waals surface area contributed by atoms with E-state index in [1.165, 1.54) is 29.8 Å². The summed E-state index contributed by atoms with van der Waals surface area (Å²) in [5, 5.41) is 0. The number of aliphatic imine (C=N–C) groups is 1. The van der Waals surface area contributed by atoms with Crippen molar-refractivity contribution in [2.45, 2.75) is 6.42 Å². The highest BCUT2D eigenvalue weighted by atomic mass is 19.1. The summed E-state index contributed by atoms with van der Waals surface area (Å²) in [5.74, 6) is 0.370. The highest BCUT2D eigenvalue weighted by Gasteiger charge is 2.24. The fourth-order valence-electron chi connectivity index (χ4n) is 3.10. The van der Waals surface area contributed by atoms with Crippen molar-refractivity contribution in [2.24, 2.45) is 4.99 Å². The van der Waals surface area contributed by atoms with E-state index < -0.39 is 5.97 Å². The van der Waals surface area contributed by atoms with Crippen LogP contribution in [0.5, 0.6) is 11.5 Å². The van der Waals surface area contributed by atoms with Crippen LogP contribution in [0, 0.1) is 5.82 Å². The van der Waals surface area contributed by atoms with Gasteiger partial charge in [0.25, 0.3) is 0 Å². The molecule has 0 amide bonds. The largest absolute Gasteiger partial charge is 0.493 e. The third-order valence-corrected chi connectivity index (χ3v) is 4.69. The van der Waals surface area contributed by atoms with Crippen LogP contribution in [0.2, 0.25) is 0 Å². The van der Waals surface area contributed by atoms with Crippen LogP contribution in [0.15, 0.2) is 83.5 Å². The average Bonchev–Trinajstić information content (AvgIpc) is 3.16. The van der Waals surface area contributed by atoms with Gasteiger partial charge >= 0.3 is 5.97 Å². The van der Waals surface area contributed by atoms with Crippen molar-refractivity contribution in [3.8, 4) is 11.5 Å². The Kier molecular flexibility index (Phi) is 6.08. The predicted octanol–water partition coefficient (Wildman–Crippen LogP) is 4.80. The summed E-state index contributed by atoms with van der Waals surface area (Å²) in [4.78, 5) is 16.4. The number of rotatable bonds is 7. The Hall–Kier alpha value is -3.93. The van der Waals surface area contributed by atoms with Crippen LogP contribution < -0.4 is 9.47 Å². The Bertz CT molecular complexity index is 1140. The quantitative estimate of drug-likeness (QED) is 0.409. The molecule has 0 N–H and O–H groups in total. The van der Waals surface area contributed by atoms with Crippen LogP contribution >= 0.6 is 0 Å². The molecule has 3 aromatic carbocycles. The molecule has 0 saturated heterocycles. The van der Waals surface area contributed by atoms with E-state index in [0.29, 0.717) is 29.2 Å². The SMILES string of the molecule is COc1cc(/C=C2\N=C(c3ccc(F)cc3)OC2=O)ccc1OCCc1ccccc1. The fraction of sp³-hybridized carbons (Fsp3) is 0.120. The molecular formula is C25H20FNO4. The summed E-state index contributed by atoms with van der Waals surface area (Å²) in [5.41, 5.74) is 2.58. The van der Waals surface area contributed by atoms with Gasteiger partial charge in [-0.25, -0.2) is 14.2 Å². The van der Waals surface area contributed by atoms with Crippen molar-refractivity contribution in [3.05, 3.63) is 101 Å². The maximum absolute atomic E-state index is 13.1. The molecule has 0 unspecified atom stereocenters. The molecule has 0 saturated carbocycles. The lowest BCUT2D eigenvalue weighted by Crippen LogP contribution is -2.05. The Morgan fingerprint density at radius 1 is 1.00 bits per heavy atom. The molecule has 0 bridgehead atoms. The Morgan fingerprint density at radius 2 is 1.77 bits per heavy atom. The van der Waals surface area contributed by atoms with E-state index >= 15 is 0 Å². The monoisotopic (exact) mass is 417 g/mol. The minimum absolute atomic E-state index is 0.143. The second-order valence-electron chi connectivity index (χ2n) is 6.84. The number of nitrogens with zero attached hydrogens (tertiary/aromatic N) is 1. The number of ether oxygens (including phenoxy) is 3. The Labute approximate surface area is 179 Å². The molecule has 1 heterocycles. The summed E-state index contributed by atoms with van der Waals surface area (Å²) in [6, 6.07) is 21.0. The minimum Gasteiger partial charge on any atom is -0.493 e. The van der Waals surface area contributed by atoms with E-state index in [4.69, 9.17) is 14.2 Å². The fourth-order valence-corrected chi connectivity index (χ4v) is 3.10. The van der Waals surface area contributed by atoms with Gasteiger partial charge < -0.3 is 14.2 Å².